The third-order valence-corrected chi connectivity index (χ3v) is 4.64. The lowest BCUT2D eigenvalue weighted by Gasteiger charge is -2.21. The third-order valence-electron chi connectivity index (χ3n) is 2.71. The van der Waals surface area contributed by atoms with Crippen LogP contribution >= 0.6 is 27.3 Å². The van der Waals surface area contributed by atoms with Crippen molar-refractivity contribution in [3.8, 4) is 0 Å². The lowest BCUT2D eigenvalue weighted by molar-refractivity contribution is 0.0488. The summed E-state index contributed by atoms with van der Waals surface area (Å²) in [7, 11) is 0. The van der Waals surface area contributed by atoms with Crippen LogP contribution in [-0.4, -0.2) is 10.7 Å². The normalized spacial score (nSPS) is 20.8. The van der Waals surface area contributed by atoms with Crippen LogP contribution in [0.5, 0.6) is 0 Å². The molecule has 0 unspecified atom stereocenters. The van der Waals surface area contributed by atoms with Crippen LogP contribution in [0, 0.1) is 0 Å². The number of rotatable bonds is 2. The second kappa shape index (κ2) is 3.71. The SMILES string of the molecule is OC1(Cc2sccc2Br)CCCC1. The molecule has 1 heterocycles. The first-order valence-electron chi connectivity index (χ1n) is 4.64. The Morgan fingerprint density at radius 1 is 1.46 bits per heavy atom. The minimum atomic E-state index is -0.409. The standard InChI is InChI=1S/C10H13BrOS/c11-8-3-6-13-9(8)7-10(12)4-1-2-5-10/h3,6,12H,1-2,4-5,7H2. The highest BCUT2D eigenvalue weighted by Crippen LogP contribution is 2.35. The highest BCUT2D eigenvalue weighted by atomic mass is 79.9. The van der Waals surface area contributed by atoms with Crippen LogP contribution in [0.25, 0.3) is 0 Å². The van der Waals surface area contributed by atoms with Crippen LogP contribution in [0.2, 0.25) is 0 Å². The van der Waals surface area contributed by atoms with Gasteiger partial charge in [-0.15, -0.1) is 11.3 Å². The zero-order valence-corrected chi connectivity index (χ0v) is 9.83. The van der Waals surface area contributed by atoms with Crippen molar-refractivity contribution < 1.29 is 5.11 Å². The summed E-state index contributed by atoms with van der Waals surface area (Å²) in [4.78, 5) is 1.28. The van der Waals surface area contributed by atoms with Crippen molar-refractivity contribution in [1.82, 2.24) is 0 Å². The molecular weight excluding hydrogens is 248 g/mol. The Labute approximate surface area is 90.9 Å². The van der Waals surface area contributed by atoms with Crippen molar-refractivity contribution in [2.45, 2.75) is 37.7 Å². The van der Waals surface area contributed by atoms with Gasteiger partial charge in [0.15, 0.2) is 0 Å². The smallest absolute Gasteiger partial charge is 0.0696 e. The van der Waals surface area contributed by atoms with Crippen molar-refractivity contribution >= 4 is 27.3 Å². The van der Waals surface area contributed by atoms with E-state index in [4.69, 9.17) is 0 Å². The van der Waals surface area contributed by atoms with Gasteiger partial charge in [-0.1, -0.05) is 12.8 Å². The summed E-state index contributed by atoms with van der Waals surface area (Å²) in [6.07, 6.45) is 5.12. The molecule has 0 bridgehead atoms. The number of thiophene rings is 1. The fourth-order valence-corrected chi connectivity index (χ4v) is 3.59. The van der Waals surface area contributed by atoms with Gasteiger partial charge in [0, 0.05) is 15.8 Å². The number of aliphatic hydroxyl groups is 1. The third kappa shape index (κ3) is 2.14. The van der Waals surface area contributed by atoms with E-state index in [9.17, 15) is 5.11 Å². The first-order chi connectivity index (χ1) is 6.20. The van der Waals surface area contributed by atoms with Gasteiger partial charge < -0.3 is 5.11 Å². The fraction of sp³-hybridized carbons (Fsp3) is 0.600. The van der Waals surface area contributed by atoms with E-state index in [0.717, 1.165) is 23.7 Å². The topological polar surface area (TPSA) is 20.2 Å². The van der Waals surface area contributed by atoms with E-state index in [2.05, 4.69) is 27.4 Å². The van der Waals surface area contributed by atoms with Crippen molar-refractivity contribution in [3.63, 3.8) is 0 Å². The molecule has 0 spiro atoms. The predicted octanol–water partition coefficient (Wildman–Crippen LogP) is 3.36. The van der Waals surface area contributed by atoms with Gasteiger partial charge in [0.25, 0.3) is 0 Å². The Balaban J connectivity index is 2.09. The maximum Gasteiger partial charge on any atom is 0.0696 e. The first kappa shape index (κ1) is 9.69. The predicted molar refractivity (Wildman–Crippen MR) is 59.1 cm³/mol. The Morgan fingerprint density at radius 2 is 2.15 bits per heavy atom. The lowest BCUT2D eigenvalue weighted by Crippen LogP contribution is -2.26. The Hall–Kier alpha value is 0.140. The van der Waals surface area contributed by atoms with Crippen molar-refractivity contribution in [2.24, 2.45) is 0 Å². The first-order valence-corrected chi connectivity index (χ1v) is 6.31. The second-order valence-corrected chi connectivity index (χ2v) is 5.65. The summed E-state index contributed by atoms with van der Waals surface area (Å²) in [6, 6.07) is 2.05. The van der Waals surface area contributed by atoms with E-state index in [-0.39, 0.29) is 0 Å². The summed E-state index contributed by atoms with van der Waals surface area (Å²) in [6.45, 7) is 0. The molecule has 0 amide bonds. The molecule has 1 nitrogen and oxygen atoms in total. The van der Waals surface area contributed by atoms with E-state index in [1.807, 2.05) is 0 Å². The van der Waals surface area contributed by atoms with E-state index >= 15 is 0 Å². The van der Waals surface area contributed by atoms with E-state index in [1.165, 1.54) is 17.7 Å². The molecule has 3 heteroatoms. The van der Waals surface area contributed by atoms with Crippen LogP contribution in [-0.2, 0) is 6.42 Å². The zero-order chi connectivity index (χ0) is 9.31. The summed E-state index contributed by atoms with van der Waals surface area (Å²) < 4.78 is 1.15. The van der Waals surface area contributed by atoms with Crippen LogP contribution in [0.15, 0.2) is 15.9 Å². The Bertz CT molecular complexity index is 289. The van der Waals surface area contributed by atoms with Gasteiger partial charge in [-0.2, -0.15) is 0 Å². The van der Waals surface area contributed by atoms with Gasteiger partial charge in [-0.05, 0) is 40.2 Å². The maximum absolute atomic E-state index is 10.2. The van der Waals surface area contributed by atoms with E-state index in [1.54, 1.807) is 11.3 Å². The van der Waals surface area contributed by atoms with Crippen LogP contribution in [0.3, 0.4) is 0 Å². The van der Waals surface area contributed by atoms with E-state index in [0.29, 0.717) is 0 Å². The van der Waals surface area contributed by atoms with Crippen molar-refractivity contribution in [3.05, 3.63) is 20.8 Å². The average molecular weight is 261 g/mol. The molecule has 1 aromatic heterocycles. The Kier molecular flexibility index (Phi) is 2.77. The number of hydrogen-bond donors (Lipinski definition) is 1. The fourth-order valence-electron chi connectivity index (χ4n) is 1.96. The molecule has 2 rings (SSSR count). The quantitative estimate of drug-likeness (QED) is 0.865. The summed E-state index contributed by atoms with van der Waals surface area (Å²) in [5, 5.41) is 12.2. The Morgan fingerprint density at radius 3 is 2.69 bits per heavy atom. The molecule has 1 fully saturated rings. The zero-order valence-electron chi connectivity index (χ0n) is 7.42. The van der Waals surface area contributed by atoms with Gasteiger partial charge in [0.1, 0.15) is 0 Å². The molecule has 0 saturated heterocycles. The molecule has 1 saturated carbocycles. The van der Waals surface area contributed by atoms with E-state index < -0.39 is 5.60 Å². The lowest BCUT2D eigenvalue weighted by atomic mass is 9.97. The average Bonchev–Trinajstić information content (AvgIpc) is 2.64. The number of halogens is 1. The second-order valence-electron chi connectivity index (χ2n) is 3.80. The largest absolute Gasteiger partial charge is 0.390 e. The molecule has 1 aliphatic carbocycles. The van der Waals surface area contributed by atoms with Gasteiger partial charge in [0.05, 0.1) is 5.60 Å². The van der Waals surface area contributed by atoms with Gasteiger partial charge in [0.2, 0.25) is 0 Å². The van der Waals surface area contributed by atoms with Gasteiger partial charge in [-0.3, -0.25) is 0 Å². The monoisotopic (exact) mass is 260 g/mol. The summed E-state index contributed by atoms with van der Waals surface area (Å²) in [5.74, 6) is 0. The maximum atomic E-state index is 10.2. The molecule has 1 aromatic rings. The molecule has 0 atom stereocenters. The molecule has 1 N–H and O–H groups in total. The summed E-state index contributed by atoms with van der Waals surface area (Å²) in [5.41, 5.74) is -0.409. The number of hydrogen-bond acceptors (Lipinski definition) is 2. The van der Waals surface area contributed by atoms with Crippen LogP contribution in [0.4, 0.5) is 0 Å². The van der Waals surface area contributed by atoms with Gasteiger partial charge in [-0.25, -0.2) is 0 Å². The minimum Gasteiger partial charge on any atom is -0.390 e. The molecule has 1 aliphatic rings. The molecule has 72 valence electrons. The molecule has 13 heavy (non-hydrogen) atoms. The van der Waals surface area contributed by atoms with Gasteiger partial charge >= 0.3 is 0 Å². The summed E-state index contributed by atoms with van der Waals surface area (Å²) >= 11 is 5.23. The highest BCUT2D eigenvalue weighted by Gasteiger charge is 2.31. The minimum absolute atomic E-state index is 0.409. The molecule has 0 radical (unpaired) electrons. The molecule has 0 aliphatic heterocycles. The molecule has 0 aromatic carbocycles. The molecular formula is C10H13BrOS. The highest BCUT2D eigenvalue weighted by molar-refractivity contribution is 9.10. The van der Waals surface area contributed by atoms with Crippen molar-refractivity contribution in [2.75, 3.05) is 0 Å². The van der Waals surface area contributed by atoms with Crippen LogP contribution in [0.1, 0.15) is 30.6 Å². The van der Waals surface area contributed by atoms with Crippen molar-refractivity contribution in [1.29, 1.82) is 0 Å². The van der Waals surface area contributed by atoms with Crippen LogP contribution < -0.4 is 0 Å².